The quantitative estimate of drug-likeness (QED) is 0.590. The molecule has 8 nitrogen and oxygen atoms in total. The Bertz CT molecular complexity index is 602. The fourth-order valence-corrected chi connectivity index (χ4v) is 1.88. The second kappa shape index (κ2) is 6.90. The van der Waals surface area contributed by atoms with E-state index < -0.39 is 11.8 Å². The van der Waals surface area contributed by atoms with Crippen molar-refractivity contribution in [2.75, 3.05) is 44.1 Å². The molecule has 1 aromatic carbocycles. The van der Waals surface area contributed by atoms with E-state index >= 15 is 0 Å². The summed E-state index contributed by atoms with van der Waals surface area (Å²) in [5.74, 6) is -1.19. The summed E-state index contributed by atoms with van der Waals surface area (Å²) in [5.41, 5.74) is 0.935. The van der Waals surface area contributed by atoms with Gasteiger partial charge in [-0.15, -0.1) is 0 Å². The first-order valence-corrected chi connectivity index (χ1v) is 6.64. The molecule has 0 fully saturated rings. The van der Waals surface area contributed by atoms with Gasteiger partial charge in [0.25, 0.3) is 5.91 Å². The van der Waals surface area contributed by atoms with E-state index in [1.165, 1.54) is 12.0 Å². The van der Waals surface area contributed by atoms with Crippen molar-refractivity contribution in [1.82, 2.24) is 5.32 Å². The summed E-state index contributed by atoms with van der Waals surface area (Å²) in [4.78, 5) is 36.3. The van der Waals surface area contributed by atoms with Gasteiger partial charge in [0, 0.05) is 26.4 Å². The lowest BCUT2D eigenvalue weighted by Crippen LogP contribution is -2.37. The Morgan fingerprint density at radius 3 is 2.86 bits per heavy atom. The van der Waals surface area contributed by atoms with Gasteiger partial charge in [-0.3, -0.25) is 14.4 Å². The first-order chi connectivity index (χ1) is 10.5. The number of nitrogens with one attached hydrogen (secondary N) is 2. The van der Waals surface area contributed by atoms with Crippen LogP contribution in [0.5, 0.6) is 5.75 Å². The molecule has 8 heteroatoms. The van der Waals surface area contributed by atoms with Gasteiger partial charge < -0.3 is 25.0 Å². The highest BCUT2D eigenvalue weighted by Crippen LogP contribution is 2.33. The third-order valence-corrected chi connectivity index (χ3v) is 3.10. The topological polar surface area (TPSA) is 97.0 Å². The number of hydrogen-bond donors (Lipinski definition) is 2. The van der Waals surface area contributed by atoms with Gasteiger partial charge in [-0.05, 0) is 18.2 Å². The van der Waals surface area contributed by atoms with Crippen molar-refractivity contribution in [2.45, 2.75) is 0 Å². The van der Waals surface area contributed by atoms with Crippen LogP contribution in [0.15, 0.2) is 18.2 Å². The van der Waals surface area contributed by atoms with Gasteiger partial charge in [0.2, 0.25) is 0 Å². The number of nitrogens with zero attached hydrogens (tertiary/aromatic N) is 1. The third-order valence-electron chi connectivity index (χ3n) is 3.10. The largest absolute Gasteiger partial charge is 0.482 e. The predicted octanol–water partition coefficient (Wildman–Crippen LogP) is -0.257. The van der Waals surface area contributed by atoms with Crippen LogP contribution in [0.2, 0.25) is 0 Å². The van der Waals surface area contributed by atoms with E-state index in [0.29, 0.717) is 23.7 Å². The second-order valence-electron chi connectivity index (χ2n) is 4.63. The van der Waals surface area contributed by atoms with E-state index in [4.69, 9.17) is 9.47 Å². The van der Waals surface area contributed by atoms with Crippen LogP contribution in [0.1, 0.15) is 0 Å². The molecule has 118 valence electrons. The van der Waals surface area contributed by atoms with Crippen molar-refractivity contribution in [3.63, 3.8) is 0 Å². The molecule has 1 heterocycles. The summed E-state index contributed by atoms with van der Waals surface area (Å²) >= 11 is 0. The van der Waals surface area contributed by atoms with Crippen LogP contribution in [0.3, 0.4) is 0 Å². The van der Waals surface area contributed by atoms with Crippen molar-refractivity contribution in [1.29, 1.82) is 0 Å². The summed E-state index contributed by atoms with van der Waals surface area (Å²) in [7, 11) is 3.12. The number of benzene rings is 1. The van der Waals surface area contributed by atoms with Crippen molar-refractivity contribution >= 4 is 29.1 Å². The maximum Gasteiger partial charge on any atom is 0.313 e. The first kappa shape index (κ1) is 15.8. The highest BCUT2D eigenvalue weighted by atomic mass is 16.5. The van der Waals surface area contributed by atoms with Crippen LogP contribution in [-0.2, 0) is 19.1 Å². The molecule has 0 unspecified atom stereocenters. The molecule has 0 atom stereocenters. The molecule has 0 aromatic heterocycles. The van der Waals surface area contributed by atoms with Crippen molar-refractivity contribution in [3.05, 3.63) is 18.2 Å². The molecule has 0 aliphatic carbocycles. The van der Waals surface area contributed by atoms with Crippen molar-refractivity contribution in [2.24, 2.45) is 0 Å². The number of anilines is 2. The zero-order chi connectivity index (χ0) is 16.1. The van der Waals surface area contributed by atoms with Gasteiger partial charge in [0.05, 0.1) is 12.3 Å². The summed E-state index contributed by atoms with van der Waals surface area (Å²) in [5, 5.41) is 4.89. The van der Waals surface area contributed by atoms with E-state index in [0.717, 1.165) is 0 Å². The smallest absolute Gasteiger partial charge is 0.313 e. The van der Waals surface area contributed by atoms with E-state index in [-0.39, 0.29) is 19.1 Å². The number of methoxy groups -OCH3 is 1. The highest BCUT2D eigenvalue weighted by molar-refractivity contribution is 6.39. The van der Waals surface area contributed by atoms with E-state index in [1.807, 2.05) is 0 Å². The number of amides is 3. The van der Waals surface area contributed by atoms with Crippen molar-refractivity contribution < 1.29 is 23.9 Å². The standard InChI is InChI=1S/C14H17N3O5/c1-17-10-7-9(3-4-11(10)22-8-12(17)18)16-14(20)13(19)15-5-6-21-2/h3-4,7H,5-6,8H2,1-2H3,(H,15,19)(H,16,20). The fraction of sp³-hybridized carbons (Fsp3) is 0.357. The van der Waals surface area contributed by atoms with Gasteiger partial charge in [0.1, 0.15) is 5.75 Å². The maximum atomic E-state index is 11.7. The number of carbonyl (C=O) groups is 3. The SMILES string of the molecule is COCCNC(=O)C(=O)Nc1ccc2c(c1)N(C)C(=O)CO2. The van der Waals surface area contributed by atoms with E-state index in [9.17, 15) is 14.4 Å². The molecule has 0 saturated heterocycles. The van der Waals surface area contributed by atoms with Crippen molar-refractivity contribution in [3.8, 4) is 5.75 Å². The van der Waals surface area contributed by atoms with Gasteiger partial charge >= 0.3 is 11.8 Å². The Balaban J connectivity index is 2.03. The molecule has 22 heavy (non-hydrogen) atoms. The summed E-state index contributed by atoms with van der Waals surface area (Å²) in [6.07, 6.45) is 0. The zero-order valence-electron chi connectivity index (χ0n) is 12.3. The first-order valence-electron chi connectivity index (χ1n) is 6.64. The molecule has 3 amide bonds. The average molecular weight is 307 g/mol. The monoisotopic (exact) mass is 307 g/mol. The number of likely N-dealkylation sites (N-methyl/N-ethyl adjacent to an activating group) is 1. The van der Waals surface area contributed by atoms with Gasteiger partial charge in [-0.2, -0.15) is 0 Å². The summed E-state index contributed by atoms with van der Waals surface area (Å²) < 4.78 is 10.1. The molecule has 0 bridgehead atoms. The molecular formula is C14H17N3O5. The van der Waals surface area contributed by atoms with Crippen LogP contribution in [0, 0.1) is 0 Å². The lowest BCUT2D eigenvalue weighted by molar-refractivity contribution is -0.136. The molecule has 0 saturated carbocycles. The van der Waals surface area contributed by atoms with Crippen LogP contribution in [0.4, 0.5) is 11.4 Å². The Labute approximate surface area is 127 Å². The van der Waals surface area contributed by atoms with Crippen LogP contribution in [0.25, 0.3) is 0 Å². The molecular weight excluding hydrogens is 290 g/mol. The fourth-order valence-electron chi connectivity index (χ4n) is 1.88. The molecule has 1 aromatic rings. The second-order valence-corrected chi connectivity index (χ2v) is 4.63. The van der Waals surface area contributed by atoms with E-state index in [2.05, 4.69) is 10.6 Å². The predicted molar refractivity (Wildman–Crippen MR) is 78.9 cm³/mol. The molecule has 1 aliphatic heterocycles. The Morgan fingerprint density at radius 1 is 1.36 bits per heavy atom. The Hall–Kier alpha value is -2.61. The number of carbonyl (C=O) groups excluding carboxylic acids is 3. The summed E-state index contributed by atoms with van der Waals surface area (Å²) in [6.45, 7) is 0.553. The maximum absolute atomic E-state index is 11.7. The molecule has 0 spiro atoms. The average Bonchev–Trinajstić information content (AvgIpc) is 2.51. The number of hydrogen-bond acceptors (Lipinski definition) is 5. The molecule has 0 radical (unpaired) electrons. The van der Waals surface area contributed by atoms with Crippen LogP contribution < -0.4 is 20.3 Å². The van der Waals surface area contributed by atoms with Gasteiger partial charge in [0.15, 0.2) is 6.61 Å². The lowest BCUT2D eigenvalue weighted by Gasteiger charge is -2.26. The minimum Gasteiger partial charge on any atom is -0.482 e. The zero-order valence-corrected chi connectivity index (χ0v) is 12.3. The molecule has 2 N–H and O–H groups in total. The third kappa shape index (κ3) is 3.53. The molecule has 1 aliphatic rings. The number of rotatable bonds is 4. The lowest BCUT2D eigenvalue weighted by atomic mass is 10.2. The number of ether oxygens (including phenoxy) is 2. The highest BCUT2D eigenvalue weighted by Gasteiger charge is 2.23. The number of fused-ring (bicyclic) bond motifs is 1. The Kier molecular flexibility index (Phi) is 4.95. The van der Waals surface area contributed by atoms with Crippen LogP contribution in [-0.4, -0.2) is 51.6 Å². The Morgan fingerprint density at radius 2 is 2.14 bits per heavy atom. The van der Waals surface area contributed by atoms with Crippen LogP contribution >= 0.6 is 0 Å². The minimum absolute atomic E-state index is 0.0168. The van der Waals surface area contributed by atoms with Gasteiger partial charge in [-0.1, -0.05) is 0 Å². The summed E-state index contributed by atoms with van der Waals surface area (Å²) in [6, 6.07) is 4.81. The minimum atomic E-state index is -0.790. The van der Waals surface area contributed by atoms with E-state index in [1.54, 1.807) is 25.2 Å². The van der Waals surface area contributed by atoms with Gasteiger partial charge in [-0.25, -0.2) is 0 Å². The normalized spacial score (nSPS) is 13.2. The molecule has 2 rings (SSSR count).